The van der Waals surface area contributed by atoms with Crippen molar-refractivity contribution in [3.8, 4) is 0 Å². The summed E-state index contributed by atoms with van der Waals surface area (Å²) in [7, 11) is 0. The minimum Gasteiger partial charge on any atom is -0.394 e. The molecule has 0 bridgehead atoms. The number of nitrogens with two attached hydrogens (primary N) is 1. The van der Waals surface area contributed by atoms with E-state index in [0.29, 0.717) is 6.54 Å². The first-order valence-electron chi connectivity index (χ1n) is 6.32. The van der Waals surface area contributed by atoms with Crippen molar-refractivity contribution in [1.82, 2.24) is 9.78 Å². The molecule has 1 aromatic carbocycles. The Hall–Kier alpha value is -1.49. The van der Waals surface area contributed by atoms with Crippen LogP contribution >= 0.6 is 15.9 Å². The van der Waals surface area contributed by atoms with Crippen molar-refractivity contribution < 1.29 is 0 Å². The van der Waals surface area contributed by atoms with Gasteiger partial charge in [-0.25, -0.2) is 4.68 Å². The highest BCUT2D eigenvalue weighted by Crippen LogP contribution is 2.26. The lowest BCUT2D eigenvalue weighted by Gasteiger charge is -2.14. The van der Waals surface area contributed by atoms with Crippen molar-refractivity contribution in [3.63, 3.8) is 0 Å². The Morgan fingerprint density at radius 1 is 1.37 bits per heavy atom. The second kappa shape index (κ2) is 5.65. The molecule has 4 nitrogen and oxygen atoms in total. The normalized spacial score (nSPS) is 11.0. The summed E-state index contributed by atoms with van der Waals surface area (Å²) in [5.41, 5.74) is 8.86. The van der Waals surface area contributed by atoms with Crippen LogP contribution in [-0.2, 0) is 6.54 Å². The zero-order valence-corrected chi connectivity index (χ0v) is 13.0. The van der Waals surface area contributed by atoms with E-state index in [2.05, 4.69) is 46.3 Å². The summed E-state index contributed by atoms with van der Waals surface area (Å²) in [4.78, 5) is 0. The summed E-state index contributed by atoms with van der Waals surface area (Å²) in [6.07, 6.45) is 0. The van der Waals surface area contributed by atoms with Crippen LogP contribution in [-0.4, -0.2) is 9.78 Å². The van der Waals surface area contributed by atoms with Crippen LogP contribution in [0.4, 0.5) is 11.5 Å². The summed E-state index contributed by atoms with van der Waals surface area (Å²) in [6.45, 7) is 6.83. The molecule has 3 N–H and O–H groups in total. The van der Waals surface area contributed by atoms with E-state index in [1.807, 2.05) is 29.8 Å². The van der Waals surface area contributed by atoms with Crippen LogP contribution in [0.15, 0.2) is 28.7 Å². The quantitative estimate of drug-likeness (QED) is 0.901. The zero-order valence-electron chi connectivity index (χ0n) is 11.4. The van der Waals surface area contributed by atoms with Gasteiger partial charge in [-0.1, -0.05) is 34.1 Å². The molecule has 0 fully saturated rings. The molecule has 19 heavy (non-hydrogen) atoms. The minimum atomic E-state index is 0.276. The lowest BCUT2D eigenvalue weighted by molar-refractivity contribution is 0.534. The van der Waals surface area contributed by atoms with Crippen LogP contribution in [0, 0.1) is 6.92 Å². The van der Waals surface area contributed by atoms with Gasteiger partial charge >= 0.3 is 0 Å². The molecule has 0 saturated heterocycles. The maximum absolute atomic E-state index is 6.09. The number of anilines is 2. The smallest absolute Gasteiger partial charge is 0.148 e. The van der Waals surface area contributed by atoms with Gasteiger partial charge in [0.25, 0.3) is 0 Å². The predicted octanol–water partition coefficient (Wildman–Crippen LogP) is 3.73. The van der Waals surface area contributed by atoms with E-state index in [9.17, 15) is 0 Å². The summed E-state index contributed by atoms with van der Waals surface area (Å²) >= 11 is 3.55. The Morgan fingerprint density at radius 2 is 2.05 bits per heavy atom. The van der Waals surface area contributed by atoms with Crippen molar-refractivity contribution >= 4 is 27.4 Å². The summed E-state index contributed by atoms with van der Waals surface area (Å²) in [6, 6.07) is 8.42. The first-order chi connectivity index (χ1) is 9.00. The van der Waals surface area contributed by atoms with Crippen molar-refractivity contribution in [2.75, 3.05) is 11.1 Å². The Labute approximate surface area is 122 Å². The molecular formula is C14H19BrN4. The number of hydrogen-bond acceptors (Lipinski definition) is 3. The first-order valence-corrected chi connectivity index (χ1v) is 7.12. The first kappa shape index (κ1) is 13.9. The van der Waals surface area contributed by atoms with Gasteiger partial charge in [-0.3, -0.25) is 0 Å². The van der Waals surface area contributed by atoms with Gasteiger partial charge in [-0.15, -0.1) is 0 Å². The molecule has 0 spiro atoms. The average molecular weight is 323 g/mol. The van der Waals surface area contributed by atoms with Crippen LogP contribution in [0.25, 0.3) is 0 Å². The maximum atomic E-state index is 6.09. The Bertz CT molecular complexity index is 575. The van der Waals surface area contributed by atoms with Gasteiger partial charge in [0.1, 0.15) is 5.82 Å². The van der Waals surface area contributed by atoms with E-state index in [0.717, 1.165) is 21.7 Å². The topological polar surface area (TPSA) is 55.9 Å². The molecule has 0 aliphatic carbocycles. The number of rotatable bonds is 4. The molecule has 0 radical (unpaired) electrons. The summed E-state index contributed by atoms with van der Waals surface area (Å²) in [5.74, 6) is 0.892. The second-order valence-corrected chi connectivity index (χ2v) is 5.69. The fourth-order valence-electron chi connectivity index (χ4n) is 1.93. The third kappa shape index (κ3) is 2.92. The molecule has 0 atom stereocenters. The molecule has 2 aromatic rings. The van der Waals surface area contributed by atoms with Gasteiger partial charge in [-0.05, 0) is 32.4 Å². The zero-order chi connectivity index (χ0) is 14.0. The third-order valence-corrected chi connectivity index (χ3v) is 3.80. The number of hydrogen-bond donors (Lipinski definition) is 2. The van der Waals surface area contributed by atoms with E-state index in [-0.39, 0.29) is 6.04 Å². The number of aromatic nitrogens is 2. The van der Waals surface area contributed by atoms with E-state index >= 15 is 0 Å². The fourth-order valence-corrected chi connectivity index (χ4v) is 2.36. The second-order valence-electron chi connectivity index (χ2n) is 4.83. The van der Waals surface area contributed by atoms with Gasteiger partial charge in [0.15, 0.2) is 0 Å². The number of nitrogen functional groups attached to an aromatic ring is 1. The molecule has 0 unspecified atom stereocenters. The van der Waals surface area contributed by atoms with Gasteiger partial charge < -0.3 is 11.1 Å². The van der Waals surface area contributed by atoms with Crippen LogP contribution in [0.1, 0.15) is 31.1 Å². The molecule has 0 aliphatic rings. The maximum Gasteiger partial charge on any atom is 0.148 e. The van der Waals surface area contributed by atoms with Gasteiger partial charge in [-0.2, -0.15) is 5.10 Å². The van der Waals surface area contributed by atoms with Crippen molar-refractivity contribution in [2.24, 2.45) is 0 Å². The number of aryl methyl sites for hydroxylation is 1. The minimum absolute atomic E-state index is 0.276. The molecular weight excluding hydrogens is 304 g/mol. The van der Waals surface area contributed by atoms with Crippen LogP contribution in [0.2, 0.25) is 0 Å². The van der Waals surface area contributed by atoms with E-state index in [1.54, 1.807) is 0 Å². The highest BCUT2D eigenvalue weighted by Gasteiger charge is 2.14. The van der Waals surface area contributed by atoms with Gasteiger partial charge in [0, 0.05) is 17.1 Å². The number of halogens is 1. The van der Waals surface area contributed by atoms with Crippen molar-refractivity contribution in [2.45, 2.75) is 33.4 Å². The molecule has 1 aromatic heterocycles. The molecule has 0 amide bonds. The lowest BCUT2D eigenvalue weighted by atomic mass is 10.2. The predicted molar refractivity (Wildman–Crippen MR) is 83.2 cm³/mol. The SMILES string of the molecule is Cc1nn(C(C)C)c(NCc2ccccc2Br)c1N. The highest BCUT2D eigenvalue weighted by atomic mass is 79.9. The molecule has 2 rings (SSSR count). The van der Waals surface area contributed by atoms with Gasteiger partial charge in [0.2, 0.25) is 0 Å². The Morgan fingerprint density at radius 3 is 2.68 bits per heavy atom. The summed E-state index contributed by atoms with van der Waals surface area (Å²) in [5, 5.41) is 7.85. The van der Waals surface area contributed by atoms with Gasteiger partial charge in [0.05, 0.1) is 11.4 Å². The van der Waals surface area contributed by atoms with E-state index < -0.39 is 0 Å². The third-order valence-electron chi connectivity index (χ3n) is 3.03. The average Bonchev–Trinajstić information content (AvgIpc) is 2.65. The Balaban J connectivity index is 2.22. The molecule has 5 heteroatoms. The van der Waals surface area contributed by atoms with Crippen molar-refractivity contribution in [3.05, 3.63) is 40.0 Å². The monoisotopic (exact) mass is 322 g/mol. The fraction of sp³-hybridized carbons (Fsp3) is 0.357. The van der Waals surface area contributed by atoms with Crippen LogP contribution < -0.4 is 11.1 Å². The lowest BCUT2D eigenvalue weighted by Crippen LogP contribution is -2.11. The number of benzene rings is 1. The van der Waals surface area contributed by atoms with Crippen molar-refractivity contribution in [1.29, 1.82) is 0 Å². The number of nitrogens with one attached hydrogen (secondary N) is 1. The molecule has 0 aliphatic heterocycles. The van der Waals surface area contributed by atoms with E-state index in [4.69, 9.17) is 5.73 Å². The highest BCUT2D eigenvalue weighted by molar-refractivity contribution is 9.10. The standard InChI is InChI=1S/C14H19BrN4/c1-9(2)19-14(13(16)10(3)18-19)17-8-11-6-4-5-7-12(11)15/h4-7,9,17H,8,16H2,1-3H3. The van der Waals surface area contributed by atoms with E-state index in [1.165, 1.54) is 5.56 Å². The number of nitrogens with zero attached hydrogens (tertiary/aromatic N) is 2. The largest absolute Gasteiger partial charge is 0.394 e. The molecule has 0 saturated carbocycles. The van der Waals surface area contributed by atoms with Crippen LogP contribution in [0.3, 0.4) is 0 Å². The molecule has 102 valence electrons. The summed E-state index contributed by atoms with van der Waals surface area (Å²) < 4.78 is 3.02. The Kier molecular flexibility index (Phi) is 4.14. The molecule has 1 heterocycles. The van der Waals surface area contributed by atoms with Crippen LogP contribution in [0.5, 0.6) is 0 Å².